The molecule has 2 rings (SSSR count). The average molecular weight is 254 g/mol. The third-order valence-corrected chi connectivity index (χ3v) is 4.61. The predicted octanol–water partition coefficient (Wildman–Crippen LogP) is 2.41. The van der Waals surface area contributed by atoms with Crippen LogP contribution in [0.25, 0.3) is 0 Å². The fraction of sp³-hybridized carbons (Fsp3) is 1.00. The van der Waals surface area contributed by atoms with Crippen molar-refractivity contribution < 1.29 is 4.74 Å². The SMILES string of the molecule is CCC1CN(CCOC2CCCC2)C(CC)CN1. The molecule has 2 aliphatic rings. The molecule has 1 saturated carbocycles. The van der Waals surface area contributed by atoms with Gasteiger partial charge in [-0.2, -0.15) is 0 Å². The van der Waals surface area contributed by atoms with Gasteiger partial charge in [-0.25, -0.2) is 0 Å². The molecule has 2 atom stereocenters. The van der Waals surface area contributed by atoms with Crippen LogP contribution in [0.4, 0.5) is 0 Å². The standard InChI is InChI=1S/C15H30N2O/c1-3-13-12-17(14(4-2)11-16-13)9-10-18-15-7-5-6-8-15/h13-16H,3-12H2,1-2H3. The summed E-state index contributed by atoms with van der Waals surface area (Å²) in [6, 6.07) is 1.39. The summed E-state index contributed by atoms with van der Waals surface area (Å²) in [7, 11) is 0. The molecule has 0 spiro atoms. The van der Waals surface area contributed by atoms with Crippen LogP contribution in [0, 0.1) is 0 Å². The van der Waals surface area contributed by atoms with Gasteiger partial charge < -0.3 is 10.1 Å². The molecule has 1 aliphatic heterocycles. The molecule has 1 aliphatic carbocycles. The summed E-state index contributed by atoms with van der Waals surface area (Å²) in [6.07, 6.45) is 8.35. The Morgan fingerprint density at radius 1 is 1.17 bits per heavy atom. The van der Waals surface area contributed by atoms with E-state index in [2.05, 4.69) is 24.1 Å². The zero-order valence-corrected chi connectivity index (χ0v) is 12.2. The second-order valence-electron chi connectivity index (χ2n) is 5.85. The first kappa shape index (κ1) is 14.3. The summed E-state index contributed by atoms with van der Waals surface area (Å²) >= 11 is 0. The van der Waals surface area contributed by atoms with Crippen LogP contribution in [0.5, 0.6) is 0 Å². The molecule has 0 aromatic heterocycles. The highest BCUT2D eigenvalue weighted by atomic mass is 16.5. The number of piperazine rings is 1. The molecule has 2 fully saturated rings. The summed E-state index contributed by atoms with van der Waals surface area (Å²) in [5.74, 6) is 0. The molecule has 18 heavy (non-hydrogen) atoms. The normalized spacial score (nSPS) is 31.0. The van der Waals surface area contributed by atoms with E-state index in [1.54, 1.807) is 0 Å². The van der Waals surface area contributed by atoms with Crippen LogP contribution in [0.3, 0.4) is 0 Å². The fourth-order valence-corrected chi connectivity index (χ4v) is 3.27. The first-order valence-electron chi connectivity index (χ1n) is 7.92. The van der Waals surface area contributed by atoms with E-state index >= 15 is 0 Å². The maximum absolute atomic E-state index is 6.01. The molecule has 106 valence electrons. The number of rotatable bonds is 6. The maximum Gasteiger partial charge on any atom is 0.0597 e. The minimum atomic E-state index is 0.565. The maximum atomic E-state index is 6.01. The summed E-state index contributed by atoms with van der Waals surface area (Å²) in [6.45, 7) is 8.97. The van der Waals surface area contributed by atoms with Gasteiger partial charge in [0.25, 0.3) is 0 Å². The molecule has 1 N–H and O–H groups in total. The molecule has 3 heteroatoms. The Kier molecular flexibility index (Phi) is 5.93. The van der Waals surface area contributed by atoms with Crippen LogP contribution in [0.2, 0.25) is 0 Å². The smallest absolute Gasteiger partial charge is 0.0597 e. The Balaban J connectivity index is 1.70. The van der Waals surface area contributed by atoms with Gasteiger partial charge >= 0.3 is 0 Å². The topological polar surface area (TPSA) is 24.5 Å². The molecule has 0 aromatic carbocycles. The van der Waals surface area contributed by atoms with Crippen molar-refractivity contribution in [2.75, 3.05) is 26.2 Å². The van der Waals surface area contributed by atoms with E-state index in [4.69, 9.17) is 4.74 Å². The van der Waals surface area contributed by atoms with E-state index in [0.717, 1.165) is 19.7 Å². The van der Waals surface area contributed by atoms with Gasteiger partial charge in [-0.05, 0) is 25.7 Å². The van der Waals surface area contributed by atoms with Crippen molar-refractivity contribution in [3.63, 3.8) is 0 Å². The Morgan fingerprint density at radius 2 is 1.94 bits per heavy atom. The van der Waals surface area contributed by atoms with Gasteiger partial charge in [-0.1, -0.05) is 26.7 Å². The fourth-order valence-electron chi connectivity index (χ4n) is 3.27. The highest BCUT2D eigenvalue weighted by molar-refractivity contribution is 4.84. The predicted molar refractivity (Wildman–Crippen MR) is 75.9 cm³/mol. The van der Waals surface area contributed by atoms with Gasteiger partial charge in [0.2, 0.25) is 0 Å². The lowest BCUT2D eigenvalue weighted by atomic mass is 10.1. The van der Waals surface area contributed by atoms with Crippen molar-refractivity contribution in [1.82, 2.24) is 10.2 Å². The molecular weight excluding hydrogens is 224 g/mol. The van der Waals surface area contributed by atoms with Crippen molar-refractivity contribution in [1.29, 1.82) is 0 Å². The lowest BCUT2D eigenvalue weighted by Crippen LogP contribution is -2.56. The van der Waals surface area contributed by atoms with Crippen molar-refractivity contribution in [3.05, 3.63) is 0 Å². The minimum absolute atomic E-state index is 0.565. The van der Waals surface area contributed by atoms with E-state index in [1.807, 2.05) is 0 Å². The van der Waals surface area contributed by atoms with E-state index < -0.39 is 0 Å². The Labute approximate surface area is 112 Å². The first-order chi connectivity index (χ1) is 8.83. The van der Waals surface area contributed by atoms with Gasteiger partial charge in [0, 0.05) is 31.7 Å². The van der Waals surface area contributed by atoms with Crippen molar-refractivity contribution in [2.45, 2.75) is 70.6 Å². The molecular formula is C15H30N2O. The second kappa shape index (κ2) is 7.46. The van der Waals surface area contributed by atoms with Gasteiger partial charge in [0.1, 0.15) is 0 Å². The summed E-state index contributed by atoms with van der Waals surface area (Å²) in [4.78, 5) is 2.64. The first-order valence-corrected chi connectivity index (χ1v) is 7.92. The van der Waals surface area contributed by atoms with Crippen molar-refractivity contribution >= 4 is 0 Å². The van der Waals surface area contributed by atoms with Gasteiger partial charge in [0.05, 0.1) is 12.7 Å². The van der Waals surface area contributed by atoms with E-state index in [-0.39, 0.29) is 0 Å². The molecule has 1 saturated heterocycles. The van der Waals surface area contributed by atoms with E-state index in [0.29, 0.717) is 18.2 Å². The zero-order chi connectivity index (χ0) is 12.8. The minimum Gasteiger partial charge on any atom is -0.377 e. The zero-order valence-electron chi connectivity index (χ0n) is 12.2. The molecule has 3 nitrogen and oxygen atoms in total. The van der Waals surface area contributed by atoms with Gasteiger partial charge in [-0.15, -0.1) is 0 Å². The monoisotopic (exact) mass is 254 g/mol. The van der Waals surface area contributed by atoms with Crippen LogP contribution in [-0.2, 0) is 4.74 Å². The summed E-state index contributed by atoms with van der Waals surface area (Å²) < 4.78 is 6.01. The largest absolute Gasteiger partial charge is 0.377 e. The summed E-state index contributed by atoms with van der Waals surface area (Å²) in [5.41, 5.74) is 0. The van der Waals surface area contributed by atoms with Gasteiger partial charge in [0.15, 0.2) is 0 Å². The highest BCUT2D eigenvalue weighted by Gasteiger charge is 2.25. The summed E-state index contributed by atoms with van der Waals surface area (Å²) in [5, 5.41) is 3.65. The van der Waals surface area contributed by atoms with Crippen molar-refractivity contribution in [2.24, 2.45) is 0 Å². The van der Waals surface area contributed by atoms with E-state index in [1.165, 1.54) is 45.1 Å². The Morgan fingerprint density at radius 3 is 2.61 bits per heavy atom. The Hall–Kier alpha value is -0.120. The highest BCUT2D eigenvalue weighted by Crippen LogP contribution is 2.21. The molecule has 0 radical (unpaired) electrons. The third kappa shape index (κ3) is 3.94. The number of nitrogens with one attached hydrogen (secondary N) is 1. The Bertz CT molecular complexity index is 229. The lowest BCUT2D eigenvalue weighted by Gasteiger charge is -2.40. The van der Waals surface area contributed by atoms with Gasteiger partial charge in [-0.3, -0.25) is 4.90 Å². The van der Waals surface area contributed by atoms with E-state index in [9.17, 15) is 0 Å². The quantitative estimate of drug-likeness (QED) is 0.788. The molecule has 2 unspecified atom stereocenters. The molecule has 0 amide bonds. The molecule has 0 bridgehead atoms. The number of hydrogen-bond acceptors (Lipinski definition) is 3. The van der Waals surface area contributed by atoms with Crippen LogP contribution >= 0.6 is 0 Å². The number of nitrogens with zero attached hydrogens (tertiary/aromatic N) is 1. The molecule has 1 heterocycles. The van der Waals surface area contributed by atoms with Crippen LogP contribution < -0.4 is 5.32 Å². The number of ether oxygens (including phenoxy) is 1. The van der Waals surface area contributed by atoms with Crippen molar-refractivity contribution in [3.8, 4) is 0 Å². The van der Waals surface area contributed by atoms with Crippen LogP contribution in [-0.4, -0.2) is 49.3 Å². The third-order valence-electron chi connectivity index (χ3n) is 4.61. The second-order valence-corrected chi connectivity index (χ2v) is 5.85. The number of hydrogen-bond donors (Lipinski definition) is 1. The average Bonchev–Trinajstić information content (AvgIpc) is 2.92. The van der Waals surface area contributed by atoms with Crippen LogP contribution in [0.1, 0.15) is 52.4 Å². The lowest BCUT2D eigenvalue weighted by molar-refractivity contribution is 0.0231. The van der Waals surface area contributed by atoms with Crippen LogP contribution in [0.15, 0.2) is 0 Å². The molecule has 0 aromatic rings.